The zero-order chi connectivity index (χ0) is 14.3. The summed E-state index contributed by atoms with van der Waals surface area (Å²) in [6.45, 7) is 6.45. The van der Waals surface area contributed by atoms with Gasteiger partial charge in [0.1, 0.15) is 5.82 Å². The second-order valence-corrected chi connectivity index (χ2v) is 5.20. The Morgan fingerprint density at radius 2 is 2.05 bits per heavy atom. The molecule has 3 rings (SSSR count). The molecule has 2 heterocycles. The van der Waals surface area contributed by atoms with Gasteiger partial charge in [-0.3, -0.25) is 4.79 Å². The lowest BCUT2D eigenvalue weighted by Crippen LogP contribution is -2.46. The van der Waals surface area contributed by atoms with E-state index in [1.807, 2.05) is 4.90 Å². The third-order valence-electron chi connectivity index (χ3n) is 4.08. The summed E-state index contributed by atoms with van der Waals surface area (Å²) >= 11 is 0. The predicted octanol–water partition coefficient (Wildman–Crippen LogP) is 0.953. The number of hydrogen-bond acceptors (Lipinski definition) is 4. The molecule has 1 amide bonds. The van der Waals surface area contributed by atoms with Crippen molar-refractivity contribution in [2.24, 2.45) is 0 Å². The van der Waals surface area contributed by atoms with E-state index in [0.717, 1.165) is 32.7 Å². The van der Waals surface area contributed by atoms with Gasteiger partial charge in [-0.25, -0.2) is 4.39 Å². The van der Waals surface area contributed by atoms with Crippen LogP contribution in [-0.2, 0) is 4.79 Å². The largest absolute Gasteiger partial charge is 0.378 e. The van der Waals surface area contributed by atoms with Crippen LogP contribution in [-0.4, -0.2) is 48.6 Å². The number of benzene rings is 1. The Morgan fingerprint density at radius 3 is 2.70 bits per heavy atom. The smallest absolute Gasteiger partial charge is 0.257 e. The first-order chi connectivity index (χ1) is 9.60. The summed E-state index contributed by atoms with van der Waals surface area (Å²) < 4.78 is 14.2. The predicted molar refractivity (Wildman–Crippen MR) is 74.3 cm³/mol. The molecule has 0 bridgehead atoms. The van der Waals surface area contributed by atoms with Gasteiger partial charge < -0.3 is 20.2 Å². The normalized spacial score (nSPS) is 22.9. The number of fused-ring (bicyclic) bond motifs is 1. The van der Waals surface area contributed by atoms with Gasteiger partial charge >= 0.3 is 0 Å². The van der Waals surface area contributed by atoms with E-state index in [9.17, 15) is 14.3 Å². The number of carbonyl (C=O) groups is 1. The van der Waals surface area contributed by atoms with Crippen LogP contribution in [0.25, 0.3) is 0 Å². The van der Waals surface area contributed by atoms with E-state index < -0.39 is 12.0 Å². The molecule has 1 aromatic rings. The lowest BCUT2D eigenvalue weighted by molar-refractivity contribution is -0.123. The average molecular weight is 279 g/mol. The molecule has 1 fully saturated rings. The topological polar surface area (TPSA) is 55.8 Å². The van der Waals surface area contributed by atoms with Crippen LogP contribution in [0.5, 0.6) is 0 Å². The zero-order valence-corrected chi connectivity index (χ0v) is 11.4. The van der Waals surface area contributed by atoms with E-state index in [1.165, 1.54) is 6.07 Å². The van der Waals surface area contributed by atoms with Crippen molar-refractivity contribution in [2.45, 2.75) is 13.0 Å². The van der Waals surface area contributed by atoms with Gasteiger partial charge in [-0.05, 0) is 18.7 Å². The maximum atomic E-state index is 14.2. The van der Waals surface area contributed by atoms with Crippen LogP contribution >= 0.6 is 0 Å². The van der Waals surface area contributed by atoms with Crippen molar-refractivity contribution in [1.29, 1.82) is 0 Å². The minimum Gasteiger partial charge on any atom is -0.378 e. The Bertz CT molecular complexity index is 541. The van der Waals surface area contributed by atoms with Gasteiger partial charge in [-0.1, -0.05) is 6.92 Å². The van der Waals surface area contributed by atoms with Gasteiger partial charge in [0.05, 0.1) is 5.69 Å². The Morgan fingerprint density at radius 1 is 1.35 bits per heavy atom. The number of aliphatic hydroxyl groups is 1. The van der Waals surface area contributed by atoms with Crippen LogP contribution in [0, 0.1) is 5.82 Å². The number of hydrogen-bond donors (Lipinski definition) is 2. The minimum absolute atomic E-state index is 0.323. The van der Waals surface area contributed by atoms with Crippen molar-refractivity contribution in [3.05, 3.63) is 23.5 Å². The fourth-order valence-corrected chi connectivity index (χ4v) is 2.80. The van der Waals surface area contributed by atoms with Gasteiger partial charge in [0.25, 0.3) is 5.91 Å². The Kier molecular flexibility index (Phi) is 3.35. The maximum Gasteiger partial charge on any atom is 0.257 e. The summed E-state index contributed by atoms with van der Waals surface area (Å²) in [5, 5.41) is 12.2. The highest BCUT2D eigenvalue weighted by Gasteiger charge is 2.31. The van der Waals surface area contributed by atoms with Gasteiger partial charge in [0.2, 0.25) is 0 Å². The number of nitrogens with one attached hydrogen (secondary N) is 1. The number of likely N-dealkylation sites (N-methyl/N-ethyl adjacent to an activating group) is 1. The van der Waals surface area contributed by atoms with Gasteiger partial charge in [0, 0.05) is 37.4 Å². The van der Waals surface area contributed by atoms with E-state index in [-0.39, 0.29) is 5.82 Å². The number of anilines is 2. The first-order valence-electron chi connectivity index (χ1n) is 6.90. The molecule has 0 radical (unpaired) electrons. The van der Waals surface area contributed by atoms with Crippen LogP contribution in [0.3, 0.4) is 0 Å². The fourth-order valence-electron chi connectivity index (χ4n) is 2.80. The van der Waals surface area contributed by atoms with Gasteiger partial charge in [0.15, 0.2) is 6.10 Å². The molecule has 1 unspecified atom stereocenters. The van der Waals surface area contributed by atoms with Crippen LogP contribution in [0.1, 0.15) is 18.6 Å². The molecular weight excluding hydrogens is 261 g/mol. The third-order valence-corrected chi connectivity index (χ3v) is 4.08. The summed E-state index contributed by atoms with van der Waals surface area (Å²) in [5.41, 5.74) is 1.33. The van der Waals surface area contributed by atoms with Gasteiger partial charge in [-0.2, -0.15) is 0 Å². The number of nitrogens with zero attached hydrogens (tertiary/aromatic N) is 2. The molecule has 0 aliphatic carbocycles. The molecule has 1 saturated heterocycles. The minimum atomic E-state index is -1.26. The lowest BCUT2D eigenvalue weighted by Gasteiger charge is -2.35. The molecule has 5 nitrogen and oxygen atoms in total. The number of rotatable bonds is 2. The van der Waals surface area contributed by atoms with Crippen molar-refractivity contribution in [3.8, 4) is 0 Å². The Hall–Kier alpha value is -1.66. The van der Waals surface area contributed by atoms with Crippen LogP contribution < -0.4 is 10.2 Å². The number of amides is 1. The van der Waals surface area contributed by atoms with Crippen molar-refractivity contribution in [3.63, 3.8) is 0 Å². The quantitative estimate of drug-likeness (QED) is 0.846. The highest BCUT2D eigenvalue weighted by atomic mass is 19.1. The number of aliphatic hydroxyl groups excluding tert-OH is 1. The van der Waals surface area contributed by atoms with E-state index in [1.54, 1.807) is 6.07 Å². The molecule has 6 heteroatoms. The number of carbonyl (C=O) groups excluding carboxylic acids is 1. The molecule has 0 aromatic heterocycles. The maximum absolute atomic E-state index is 14.2. The number of halogens is 1. The molecular formula is C14H18FN3O2. The summed E-state index contributed by atoms with van der Waals surface area (Å²) in [4.78, 5) is 15.7. The highest BCUT2D eigenvalue weighted by Crippen LogP contribution is 2.36. The van der Waals surface area contributed by atoms with Crippen LogP contribution in [0.4, 0.5) is 15.8 Å². The van der Waals surface area contributed by atoms with Crippen LogP contribution in [0.15, 0.2) is 12.1 Å². The highest BCUT2D eigenvalue weighted by molar-refractivity contribution is 6.02. The van der Waals surface area contributed by atoms with Crippen LogP contribution in [0.2, 0.25) is 0 Å². The monoisotopic (exact) mass is 279 g/mol. The molecule has 20 heavy (non-hydrogen) atoms. The van der Waals surface area contributed by atoms with Gasteiger partial charge in [-0.15, -0.1) is 0 Å². The van der Waals surface area contributed by atoms with Crippen molar-refractivity contribution >= 4 is 17.3 Å². The second-order valence-electron chi connectivity index (χ2n) is 5.20. The summed E-state index contributed by atoms with van der Waals surface area (Å²) in [6.07, 6.45) is -1.26. The SMILES string of the molecule is CCN1CCN(c2cc3c(cc2F)C(O)C(=O)N3)CC1. The first kappa shape index (κ1) is 13.3. The molecule has 1 aromatic carbocycles. The third kappa shape index (κ3) is 2.14. The van der Waals surface area contributed by atoms with E-state index in [2.05, 4.69) is 17.1 Å². The zero-order valence-electron chi connectivity index (χ0n) is 11.4. The molecule has 2 N–H and O–H groups in total. The molecule has 0 spiro atoms. The average Bonchev–Trinajstić information content (AvgIpc) is 2.74. The summed E-state index contributed by atoms with van der Waals surface area (Å²) in [5.74, 6) is -0.878. The number of piperazine rings is 1. The second kappa shape index (κ2) is 5.03. The molecule has 108 valence electrons. The van der Waals surface area contributed by atoms with Crippen molar-refractivity contribution in [2.75, 3.05) is 42.9 Å². The van der Waals surface area contributed by atoms with E-state index >= 15 is 0 Å². The molecule has 0 saturated carbocycles. The molecule has 1 atom stereocenters. The lowest BCUT2D eigenvalue weighted by atomic mass is 10.1. The Balaban J connectivity index is 1.85. The molecule has 2 aliphatic heterocycles. The summed E-state index contributed by atoms with van der Waals surface area (Å²) in [7, 11) is 0. The fraction of sp³-hybridized carbons (Fsp3) is 0.500. The van der Waals surface area contributed by atoms with E-state index in [4.69, 9.17) is 0 Å². The standard InChI is InChI=1S/C14H18FN3O2/c1-2-17-3-5-18(6-4-17)12-8-11-9(7-10(12)15)13(19)14(20)16-11/h7-8,13,19H,2-6H2,1H3,(H,16,20). The van der Waals surface area contributed by atoms with E-state index in [0.29, 0.717) is 16.9 Å². The van der Waals surface area contributed by atoms with Crippen molar-refractivity contribution in [1.82, 2.24) is 4.90 Å². The summed E-state index contributed by atoms with van der Waals surface area (Å²) in [6, 6.07) is 2.89. The first-order valence-corrected chi connectivity index (χ1v) is 6.90. The molecule has 2 aliphatic rings. The van der Waals surface area contributed by atoms with Crippen molar-refractivity contribution < 1.29 is 14.3 Å². The Labute approximate surface area is 117 Å².